The zero-order valence-electron chi connectivity index (χ0n) is 15.2. The Balaban J connectivity index is 1.48. The molecule has 2 heterocycles. The molecule has 0 unspecified atom stereocenters. The Hall–Kier alpha value is -3.41. The highest BCUT2D eigenvalue weighted by molar-refractivity contribution is 6.45. The molecule has 6 heteroatoms. The van der Waals surface area contributed by atoms with Crippen LogP contribution in [0.25, 0.3) is 21.9 Å². The van der Waals surface area contributed by atoms with Gasteiger partial charge >= 0.3 is 0 Å². The number of rotatable bonds is 5. The fourth-order valence-corrected chi connectivity index (χ4v) is 3.52. The van der Waals surface area contributed by atoms with Crippen LogP contribution in [0.1, 0.15) is 21.9 Å². The largest absolute Gasteiger partial charge is 0.358 e. The SMILES string of the molecule is Cc1[nH]c2ccccc2c1C(=O)C(=O)NCCn1c(C)nc2ccccc21. The van der Waals surface area contributed by atoms with E-state index in [1.807, 2.05) is 66.9 Å². The molecule has 4 rings (SSSR count). The number of benzene rings is 2. The summed E-state index contributed by atoms with van der Waals surface area (Å²) in [7, 11) is 0. The number of aromatic nitrogens is 3. The van der Waals surface area contributed by atoms with Crippen molar-refractivity contribution in [2.24, 2.45) is 0 Å². The van der Waals surface area contributed by atoms with Crippen molar-refractivity contribution in [3.8, 4) is 0 Å². The highest BCUT2D eigenvalue weighted by atomic mass is 16.2. The van der Waals surface area contributed by atoms with E-state index in [4.69, 9.17) is 0 Å². The zero-order valence-corrected chi connectivity index (χ0v) is 15.2. The highest BCUT2D eigenvalue weighted by Gasteiger charge is 2.22. The molecule has 0 bridgehead atoms. The number of hydrogen-bond donors (Lipinski definition) is 2. The maximum Gasteiger partial charge on any atom is 0.292 e. The third kappa shape index (κ3) is 2.99. The summed E-state index contributed by atoms with van der Waals surface area (Å²) >= 11 is 0. The van der Waals surface area contributed by atoms with Crippen LogP contribution in [0.3, 0.4) is 0 Å². The maximum absolute atomic E-state index is 12.7. The number of Topliss-reactive ketones (excluding diaryl/α,β-unsaturated/α-hetero) is 1. The lowest BCUT2D eigenvalue weighted by atomic mass is 10.1. The van der Waals surface area contributed by atoms with Gasteiger partial charge in [0.05, 0.1) is 16.6 Å². The number of aryl methyl sites for hydroxylation is 2. The van der Waals surface area contributed by atoms with Crippen molar-refractivity contribution < 1.29 is 9.59 Å². The number of nitrogens with one attached hydrogen (secondary N) is 2. The molecule has 2 N–H and O–H groups in total. The van der Waals surface area contributed by atoms with E-state index in [0.717, 1.165) is 27.8 Å². The van der Waals surface area contributed by atoms with Gasteiger partial charge in [0.2, 0.25) is 0 Å². The van der Waals surface area contributed by atoms with Gasteiger partial charge in [0.25, 0.3) is 11.7 Å². The monoisotopic (exact) mass is 360 g/mol. The molecular weight excluding hydrogens is 340 g/mol. The molecule has 0 aliphatic heterocycles. The second-order valence-corrected chi connectivity index (χ2v) is 6.55. The van der Waals surface area contributed by atoms with Gasteiger partial charge in [0.1, 0.15) is 5.82 Å². The average molecular weight is 360 g/mol. The molecule has 0 saturated carbocycles. The van der Waals surface area contributed by atoms with Gasteiger partial charge in [-0.2, -0.15) is 0 Å². The van der Waals surface area contributed by atoms with Crippen LogP contribution in [0.15, 0.2) is 48.5 Å². The second kappa shape index (κ2) is 6.72. The number of H-pyrrole nitrogens is 1. The van der Waals surface area contributed by atoms with Gasteiger partial charge < -0.3 is 14.9 Å². The number of amides is 1. The molecule has 0 spiro atoms. The number of fused-ring (bicyclic) bond motifs is 2. The van der Waals surface area contributed by atoms with E-state index in [2.05, 4.69) is 15.3 Å². The Morgan fingerprint density at radius 2 is 1.81 bits per heavy atom. The molecule has 27 heavy (non-hydrogen) atoms. The first-order chi connectivity index (χ1) is 13.1. The van der Waals surface area contributed by atoms with E-state index < -0.39 is 11.7 Å². The van der Waals surface area contributed by atoms with Crippen molar-refractivity contribution in [3.63, 3.8) is 0 Å². The summed E-state index contributed by atoms with van der Waals surface area (Å²) in [4.78, 5) is 32.7. The Morgan fingerprint density at radius 1 is 1.07 bits per heavy atom. The summed E-state index contributed by atoms with van der Waals surface area (Å²) in [5.41, 5.74) is 3.93. The Labute approximate surface area is 156 Å². The molecule has 0 saturated heterocycles. The van der Waals surface area contributed by atoms with Gasteiger partial charge in [0, 0.05) is 29.7 Å². The molecule has 0 atom stereocenters. The molecule has 6 nitrogen and oxygen atoms in total. The van der Waals surface area contributed by atoms with Crippen LogP contribution in [0, 0.1) is 13.8 Å². The van der Waals surface area contributed by atoms with Gasteiger partial charge in [0.15, 0.2) is 0 Å². The maximum atomic E-state index is 12.7. The van der Waals surface area contributed by atoms with Crippen LogP contribution in [0.5, 0.6) is 0 Å². The van der Waals surface area contributed by atoms with Crippen LogP contribution in [0.2, 0.25) is 0 Å². The third-order valence-corrected chi connectivity index (χ3v) is 4.79. The van der Waals surface area contributed by atoms with E-state index >= 15 is 0 Å². The number of hydrogen-bond acceptors (Lipinski definition) is 3. The minimum absolute atomic E-state index is 0.354. The summed E-state index contributed by atoms with van der Waals surface area (Å²) in [5, 5.41) is 3.51. The first kappa shape index (κ1) is 17.0. The molecule has 136 valence electrons. The van der Waals surface area contributed by atoms with E-state index in [1.54, 1.807) is 0 Å². The number of carbonyl (C=O) groups excluding carboxylic acids is 2. The molecule has 2 aromatic heterocycles. The molecule has 1 amide bonds. The van der Waals surface area contributed by atoms with E-state index in [0.29, 0.717) is 24.3 Å². The Morgan fingerprint density at radius 3 is 2.67 bits per heavy atom. The lowest BCUT2D eigenvalue weighted by Crippen LogP contribution is -2.33. The molecule has 2 aromatic carbocycles. The highest BCUT2D eigenvalue weighted by Crippen LogP contribution is 2.22. The van der Waals surface area contributed by atoms with Gasteiger partial charge in [-0.15, -0.1) is 0 Å². The van der Waals surface area contributed by atoms with Crippen LogP contribution >= 0.6 is 0 Å². The van der Waals surface area contributed by atoms with Crippen molar-refractivity contribution in [1.82, 2.24) is 19.9 Å². The predicted octanol–water partition coefficient (Wildman–Crippen LogP) is 3.13. The molecular formula is C21H20N4O2. The zero-order chi connectivity index (χ0) is 19.0. The third-order valence-electron chi connectivity index (χ3n) is 4.79. The minimum Gasteiger partial charge on any atom is -0.358 e. The second-order valence-electron chi connectivity index (χ2n) is 6.55. The van der Waals surface area contributed by atoms with Crippen molar-refractivity contribution >= 4 is 33.6 Å². The van der Waals surface area contributed by atoms with Gasteiger partial charge in [-0.05, 0) is 32.0 Å². The number of aromatic amines is 1. The van der Waals surface area contributed by atoms with Crippen LogP contribution in [0.4, 0.5) is 0 Å². The minimum atomic E-state index is -0.593. The number of ketones is 1. The van der Waals surface area contributed by atoms with Gasteiger partial charge in [-0.1, -0.05) is 30.3 Å². The van der Waals surface area contributed by atoms with Gasteiger partial charge in [-0.25, -0.2) is 4.98 Å². The summed E-state index contributed by atoms with van der Waals surface area (Å²) in [6.07, 6.45) is 0. The van der Waals surface area contributed by atoms with Crippen molar-refractivity contribution in [3.05, 3.63) is 65.6 Å². The van der Waals surface area contributed by atoms with E-state index in [-0.39, 0.29) is 0 Å². The van der Waals surface area contributed by atoms with Crippen molar-refractivity contribution in [1.29, 1.82) is 0 Å². The summed E-state index contributed by atoms with van der Waals surface area (Å²) in [5.74, 6) is -0.230. The lowest BCUT2D eigenvalue weighted by molar-refractivity contribution is -0.117. The molecule has 0 fully saturated rings. The van der Waals surface area contributed by atoms with Gasteiger partial charge in [-0.3, -0.25) is 9.59 Å². The van der Waals surface area contributed by atoms with Crippen LogP contribution < -0.4 is 5.32 Å². The van der Waals surface area contributed by atoms with Crippen molar-refractivity contribution in [2.45, 2.75) is 20.4 Å². The molecule has 4 aromatic rings. The van der Waals surface area contributed by atoms with E-state index in [1.165, 1.54) is 0 Å². The number of nitrogens with zero attached hydrogens (tertiary/aromatic N) is 2. The van der Waals surface area contributed by atoms with Crippen LogP contribution in [-0.2, 0) is 11.3 Å². The van der Waals surface area contributed by atoms with Crippen LogP contribution in [-0.4, -0.2) is 32.8 Å². The number of carbonyl (C=O) groups is 2. The summed E-state index contributed by atoms with van der Waals surface area (Å²) < 4.78 is 2.04. The quantitative estimate of drug-likeness (QED) is 0.424. The standard InChI is InChI=1S/C21H20N4O2/c1-13-19(15-7-3-4-8-16(15)23-13)20(26)21(27)22-11-12-25-14(2)24-17-9-5-6-10-18(17)25/h3-10,23H,11-12H2,1-2H3,(H,22,27). The smallest absolute Gasteiger partial charge is 0.292 e. The average Bonchev–Trinajstić information content (AvgIpc) is 3.16. The molecule has 0 aliphatic rings. The molecule has 0 aliphatic carbocycles. The summed E-state index contributed by atoms with van der Waals surface area (Å²) in [6, 6.07) is 15.4. The first-order valence-electron chi connectivity index (χ1n) is 8.88. The molecule has 0 radical (unpaired) electrons. The predicted molar refractivity (Wildman–Crippen MR) is 105 cm³/mol. The fraction of sp³-hybridized carbons (Fsp3) is 0.190. The normalized spacial score (nSPS) is 11.2. The number of para-hydroxylation sites is 3. The fourth-order valence-electron chi connectivity index (χ4n) is 3.52. The first-order valence-corrected chi connectivity index (χ1v) is 8.88. The number of imidazole rings is 1. The Bertz CT molecular complexity index is 1170. The van der Waals surface area contributed by atoms with Crippen molar-refractivity contribution in [2.75, 3.05) is 6.54 Å². The topological polar surface area (TPSA) is 79.8 Å². The summed E-state index contributed by atoms with van der Waals surface area (Å²) in [6.45, 7) is 4.65. The Kier molecular flexibility index (Phi) is 4.24. The van der Waals surface area contributed by atoms with E-state index in [9.17, 15) is 9.59 Å². The lowest BCUT2D eigenvalue weighted by Gasteiger charge is -2.08.